The minimum absolute atomic E-state index is 0.0647. The molecule has 0 radical (unpaired) electrons. The van der Waals surface area contributed by atoms with Crippen molar-refractivity contribution in [2.75, 3.05) is 6.26 Å². The highest BCUT2D eigenvalue weighted by molar-refractivity contribution is 7.90. The van der Waals surface area contributed by atoms with Gasteiger partial charge in [-0.1, -0.05) is 39.0 Å². The molecule has 0 fully saturated rings. The van der Waals surface area contributed by atoms with E-state index in [0.717, 1.165) is 17.9 Å². The second kappa shape index (κ2) is 6.70. The van der Waals surface area contributed by atoms with Gasteiger partial charge >= 0.3 is 10.1 Å². The zero-order valence-electron chi connectivity index (χ0n) is 15.8. The summed E-state index contributed by atoms with van der Waals surface area (Å²) in [5.74, 6) is 0.224. The predicted octanol–water partition coefficient (Wildman–Crippen LogP) is 3.77. The Kier molecular flexibility index (Phi) is 5.27. The van der Waals surface area contributed by atoms with E-state index in [2.05, 4.69) is 20.8 Å². The first-order valence-corrected chi connectivity index (χ1v) is 11.4. The molecule has 7 heteroatoms. The molecule has 0 aliphatic heterocycles. The van der Waals surface area contributed by atoms with Crippen LogP contribution in [0.1, 0.15) is 37.5 Å². The minimum atomic E-state index is -4.16. The molecular formula is C19H24O5S2. The van der Waals surface area contributed by atoms with Crippen molar-refractivity contribution in [1.82, 2.24) is 0 Å². The van der Waals surface area contributed by atoms with Crippen molar-refractivity contribution in [3.63, 3.8) is 0 Å². The third-order valence-corrected chi connectivity index (χ3v) is 6.59. The third kappa shape index (κ3) is 4.45. The van der Waals surface area contributed by atoms with Gasteiger partial charge in [0.2, 0.25) is 0 Å². The summed E-state index contributed by atoms with van der Waals surface area (Å²) in [7, 11) is -7.69. The van der Waals surface area contributed by atoms with Gasteiger partial charge in [-0.2, -0.15) is 8.42 Å². The van der Waals surface area contributed by atoms with E-state index >= 15 is 0 Å². The zero-order chi connectivity index (χ0) is 19.9. The minimum Gasteiger partial charge on any atom is -0.379 e. The molecule has 0 heterocycles. The van der Waals surface area contributed by atoms with E-state index in [1.807, 2.05) is 12.1 Å². The molecule has 0 bridgehead atoms. The lowest BCUT2D eigenvalue weighted by Gasteiger charge is -2.20. The zero-order valence-corrected chi connectivity index (χ0v) is 17.5. The van der Waals surface area contributed by atoms with Crippen molar-refractivity contribution in [3.05, 3.63) is 53.1 Å². The molecule has 142 valence electrons. The lowest BCUT2D eigenvalue weighted by atomic mass is 9.86. The highest BCUT2D eigenvalue weighted by Crippen LogP contribution is 2.30. The molecule has 0 spiro atoms. The van der Waals surface area contributed by atoms with Crippen LogP contribution in [0.5, 0.6) is 5.75 Å². The summed E-state index contributed by atoms with van der Waals surface area (Å²) in [6.45, 7) is 9.58. The molecule has 2 aromatic rings. The first-order valence-electron chi connectivity index (χ1n) is 8.08. The van der Waals surface area contributed by atoms with Crippen LogP contribution in [0.4, 0.5) is 0 Å². The summed E-state index contributed by atoms with van der Waals surface area (Å²) in [4.78, 5) is -0.218. The van der Waals surface area contributed by atoms with Gasteiger partial charge in [-0.3, -0.25) is 0 Å². The molecule has 2 rings (SSSR count). The maximum Gasteiger partial charge on any atom is 0.339 e. The van der Waals surface area contributed by atoms with Crippen molar-refractivity contribution in [2.45, 2.75) is 49.8 Å². The van der Waals surface area contributed by atoms with E-state index in [4.69, 9.17) is 4.18 Å². The molecule has 0 N–H and O–H groups in total. The first kappa shape index (κ1) is 20.5. The van der Waals surface area contributed by atoms with Crippen LogP contribution in [0, 0.1) is 13.8 Å². The molecule has 0 atom stereocenters. The van der Waals surface area contributed by atoms with Gasteiger partial charge in [0.1, 0.15) is 10.6 Å². The number of benzene rings is 2. The fourth-order valence-electron chi connectivity index (χ4n) is 2.45. The Morgan fingerprint density at radius 2 is 1.46 bits per heavy atom. The van der Waals surface area contributed by atoms with Gasteiger partial charge in [0.15, 0.2) is 9.84 Å². The van der Waals surface area contributed by atoms with Gasteiger partial charge in [-0.25, -0.2) is 8.42 Å². The van der Waals surface area contributed by atoms with Crippen molar-refractivity contribution in [3.8, 4) is 5.75 Å². The number of aryl methyl sites for hydroxylation is 2. The number of hydrogen-bond donors (Lipinski definition) is 0. The SMILES string of the molecule is Cc1cc(C(C)(C)C)ccc1OS(=O)(=O)c1cc(S(C)(=O)=O)ccc1C. The Hall–Kier alpha value is -1.86. The Morgan fingerprint density at radius 1 is 0.846 bits per heavy atom. The summed E-state index contributed by atoms with van der Waals surface area (Å²) >= 11 is 0. The molecule has 0 aliphatic rings. The maximum absolute atomic E-state index is 12.7. The lowest BCUT2D eigenvalue weighted by Crippen LogP contribution is -2.14. The molecule has 0 aliphatic carbocycles. The molecule has 0 aromatic heterocycles. The smallest absolute Gasteiger partial charge is 0.339 e. The van der Waals surface area contributed by atoms with Crippen LogP contribution in [-0.4, -0.2) is 23.1 Å². The van der Waals surface area contributed by atoms with E-state index < -0.39 is 20.0 Å². The van der Waals surface area contributed by atoms with Crippen molar-refractivity contribution in [1.29, 1.82) is 0 Å². The van der Waals surface area contributed by atoms with Gasteiger partial charge < -0.3 is 4.18 Å². The molecule has 0 unspecified atom stereocenters. The lowest BCUT2D eigenvalue weighted by molar-refractivity contribution is 0.482. The van der Waals surface area contributed by atoms with Crippen LogP contribution >= 0.6 is 0 Å². The van der Waals surface area contributed by atoms with Crippen LogP contribution < -0.4 is 4.18 Å². The van der Waals surface area contributed by atoms with E-state index in [9.17, 15) is 16.8 Å². The second-order valence-electron chi connectivity index (χ2n) is 7.47. The molecular weight excluding hydrogens is 372 g/mol. The van der Waals surface area contributed by atoms with Crippen LogP contribution in [0.15, 0.2) is 46.2 Å². The Morgan fingerprint density at radius 3 is 1.96 bits per heavy atom. The number of rotatable bonds is 4. The summed E-state index contributed by atoms with van der Waals surface area (Å²) < 4.78 is 54.2. The summed E-state index contributed by atoms with van der Waals surface area (Å²) in [5, 5.41) is 0. The second-order valence-corrected chi connectivity index (χ2v) is 11.0. The fraction of sp³-hybridized carbons (Fsp3) is 0.368. The van der Waals surface area contributed by atoms with Crippen molar-refractivity contribution < 1.29 is 21.0 Å². The Balaban J connectivity index is 2.47. The average molecular weight is 397 g/mol. The quantitative estimate of drug-likeness (QED) is 0.735. The summed E-state index contributed by atoms with van der Waals surface area (Å²) in [6, 6.07) is 9.33. The summed E-state index contributed by atoms with van der Waals surface area (Å²) in [5.41, 5.74) is 2.11. The molecule has 26 heavy (non-hydrogen) atoms. The topological polar surface area (TPSA) is 77.5 Å². The first-order chi connectivity index (χ1) is 11.7. The normalized spacial score (nSPS) is 12.8. The maximum atomic E-state index is 12.7. The molecule has 0 saturated heterocycles. The van der Waals surface area contributed by atoms with Crippen molar-refractivity contribution in [2.24, 2.45) is 0 Å². The highest BCUT2D eigenvalue weighted by Gasteiger charge is 2.23. The van der Waals surface area contributed by atoms with Crippen LogP contribution in [0.3, 0.4) is 0 Å². The molecule has 0 amide bonds. The predicted molar refractivity (Wildman–Crippen MR) is 102 cm³/mol. The van der Waals surface area contributed by atoms with Gasteiger partial charge in [0.05, 0.1) is 4.90 Å². The van der Waals surface area contributed by atoms with E-state index in [0.29, 0.717) is 11.1 Å². The van der Waals surface area contributed by atoms with E-state index in [1.54, 1.807) is 19.9 Å². The van der Waals surface area contributed by atoms with Crippen LogP contribution in [-0.2, 0) is 25.4 Å². The van der Waals surface area contributed by atoms with Crippen LogP contribution in [0.2, 0.25) is 0 Å². The fourth-order valence-corrected chi connectivity index (χ4v) is 4.42. The number of hydrogen-bond acceptors (Lipinski definition) is 5. The summed E-state index contributed by atoms with van der Waals surface area (Å²) in [6.07, 6.45) is 1.03. The van der Waals surface area contributed by atoms with Gasteiger partial charge in [0.25, 0.3) is 0 Å². The Bertz CT molecular complexity index is 1040. The number of sulfone groups is 1. The van der Waals surface area contributed by atoms with Crippen molar-refractivity contribution >= 4 is 20.0 Å². The van der Waals surface area contributed by atoms with E-state index in [1.165, 1.54) is 12.1 Å². The highest BCUT2D eigenvalue weighted by atomic mass is 32.2. The van der Waals surface area contributed by atoms with Gasteiger partial charge in [0, 0.05) is 6.26 Å². The van der Waals surface area contributed by atoms with E-state index in [-0.39, 0.29) is 21.0 Å². The molecule has 0 saturated carbocycles. The third-order valence-electron chi connectivity index (χ3n) is 4.10. The van der Waals surface area contributed by atoms with Gasteiger partial charge in [-0.05, 0) is 54.2 Å². The standard InChI is InChI=1S/C19H24O5S2/c1-13-7-9-16(25(6,20)21)12-18(13)26(22,23)24-17-10-8-15(11-14(17)2)19(3,4)5/h7-12H,1-6H3. The van der Waals surface area contributed by atoms with Crippen LogP contribution in [0.25, 0.3) is 0 Å². The molecule has 2 aromatic carbocycles. The average Bonchev–Trinajstić information content (AvgIpc) is 2.47. The largest absolute Gasteiger partial charge is 0.379 e. The Labute approximate surface area is 156 Å². The molecule has 5 nitrogen and oxygen atoms in total. The van der Waals surface area contributed by atoms with Gasteiger partial charge in [-0.15, -0.1) is 0 Å². The monoisotopic (exact) mass is 396 g/mol.